The fourth-order valence-corrected chi connectivity index (χ4v) is 4.51. The van der Waals surface area contributed by atoms with Crippen LogP contribution in [0, 0.1) is 13.8 Å². The van der Waals surface area contributed by atoms with E-state index in [1.54, 1.807) is 7.05 Å². The summed E-state index contributed by atoms with van der Waals surface area (Å²) in [5.74, 6) is 1.26. The van der Waals surface area contributed by atoms with Gasteiger partial charge in [0.05, 0.1) is 0 Å². The Morgan fingerprint density at radius 3 is 2.44 bits per heavy atom. The first-order chi connectivity index (χ1) is 15.3. The van der Waals surface area contributed by atoms with Crippen molar-refractivity contribution in [2.45, 2.75) is 32.1 Å². The highest BCUT2D eigenvalue weighted by atomic mass is 32.2. The molecule has 9 nitrogen and oxygen atoms in total. The van der Waals surface area contributed by atoms with Crippen LogP contribution in [0.25, 0.3) is 11.2 Å². The van der Waals surface area contributed by atoms with Crippen LogP contribution in [0.5, 0.6) is 0 Å². The zero-order valence-corrected chi connectivity index (χ0v) is 19.3. The number of imidazole rings is 1. The van der Waals surface area contributed by atoms with Crippen LogP contribution in [0.4, 0.5) is 5.95 Å². The number of benzene rings is 1. The smallest absolute Gasteiger partial charge is 0.329 e. The van der Waals surface area contributed by atoms with Gasteiger partial charge in [-0.15, -0.1) is 0 Å². The van der Waals surface area contributed by atoms with Crippen molar-refractivity contribution in [2.24, 2.45) is 7.05 Å². The van der Waals surface area contributed by atoms with Crippen LogP contribution in [-0.4, -0.2) is 41.9 Å². The van der Waals surface area contributed by atoms with E-state index in [0.29, 0.717) is 41.1 Å². The molecule has 0 bridgehead atoms. The Morgan fingerprint density at radius 1 is 1.06 bits per heavy atom. The monoisotopic (exact) mass is 451 g/mol. The maximum Gasteiger partial charge on any atom is 0.329 e. The van der Waals surface area contributed by atoms with Gasteiger partial charge in [-0.2, -0.15) is 4.98 Å². The molecule has 0 unspecified atom stereocenters. The van der Waals surface area contributed by atoms with Crippen molar-refractivity contribution < 1.29 is 0 Å². The number of rotatable bonds is 7. The lowest BCUT2D eigenvalue weighted by molar-refractivity contribution is 0.744. The number of aryl methyl sites for hydroxylation is 4. The minimum atomic E-state index is -0.484. The number of H-pyrrole nitrogens is 1. The Morgan fingerprint density at radius 2 is 1.75 bits per heavy atom. The van der Waals surface area contributed by atoms with Crippen LogP contribution in [0.3, 0.4) is 0 Å². The number of hydrogen-bond donors (Lipinski definition) is 1. The number of aromatic nitrogens is 6. The molecule has 166 valence electrons. The van der Waals surface area contributed by atoms with E-state index in [1.165, 1.54) is 16.3 Å². The van der Waals surface area contributed by atoms with E-state index in [2.05, 4.69) is 19.9 Å². The minimum Gasteiger partial charge on any atom is -0.341 e. The molecule has 3 heterocycles. The molecular weight excluding hydrogens is 426 g/mol. The van der Waals surface area contributed by atoms with Crippen LogP contribution < -0.4 is 16.1 Å². The van der Waals surface area contributed by atoms with Gasteiger partial charge in [-0.1, -0.05) is 42.1 Å². The summed E-state index contributed by atoms with van der Waals surface area (Å²) in [5, 5.41) is 0.701. The van der Waals surface area contributed by atoms with Crippen molar-refractivity contribution in [3.8, 4) is 0 Å². The van der Waals surface area contributed by atoms with Crippen LogP contribution in [-0.2, 0) is 20.1 Å². The van der Waals surface area contributed by atoms with Crippen molar-refractivity contribution in [1.29, 1.82) is 0 Å². The van der Waals surface area contributed by atoms with Crippen LogP contribution in [0.15, 0.2) is 51.1 Å². The van der Waals surface area contributed by atoms with Crippen molar-refractivity contribution >= 4 is 28.9 Å². The molecule has 4 rings (SSSR count). The van der Waals surface area contributed by atoms with Crippen molar-refractivity contribution in [1.82, 2.24) is 29.1 Å². The first-order valence-electron chi connectivity index (χ1n) is 10.2. The van der Waals surface area contributed by atoms with Gasteiger partial charge in [0, 0.05) is 44.3 Å². The molecule has 32 heavy (non-hydrogen) atoms. The van der Waals surface area contributed by atoms with Gasteiger partial charge in [0.25, 0.3) is 5.56 Å². The van der Waals surface area contributed by atoms with Gasteiger partial charge in [0.2, 0.25) is 5.95 Å². The summed E-state index contributed by atoms with van der Waals surface area (Å²) in [5.41, 5.74) is 2.77. The fraction of sp³-hybridized carbons (Fsp3) is 0.318. The molecule has 0 saturated heterocycles. The Balaban J connectivity index is 1.69. The second-order valence-corrected chi connectivity index (χ2v) is 8.74. The summed E-state index contributed by atoms with van der Waals surface area (Å²) in [7, 11) is 3.54. The third-order valence-corrected chi connectivity index (χ3v) is 5.93. The zero-order valence-electron chi connectivity index (χ0n) is 18.5. The van der Waals surface area contributed by atoms with E-state index in [0.717, 1.165) is 17.0 Å². The van der Waals surface area contributed by atoms with Crippen LogP contribution in [0.2, 0.25) is 0 Å². The second kappa shape index (κ2) is 8.99. The van der Waals surface area contributed by atoms with Crippen molar-refractivity contribution in [3.63, 3.8) is 0 Å². The number of thioether (sulfide) groups is 1. The molecule has 10 heteroatoms. The van der Waals surface area contributed by atoms with Gasteiger partial charge >= 0.3 is 5.69 Å². The maximum atomic E-state index is 12.7. The van der Waals surface area contributed by atoms with E-state index in [4.69, 9.17) is 0 Å². The molecule has 0 radical (unpaired) electrons. The zero-order chi connectivity index (χ0) is 22.8. The van der Waals surface area contributed by atoms with E-state index >= 15 is 0 Å². The number of aromatic amines is 1. The topological polar surface area (TPSA) is 102 Å². The number of hydrogen-bond acceptors (Lipinski definition) is 7. The first kappa shape index (κ1) is 21.8. The molecule has 0 aliphatic rings. The van der Waals surface area contributed by atoms with Gasteiger partial charge in [-0.05, 0) is 25.5 Å². The van der Waals surface area contributed by atoms with Gasteiger partial charge in [-0.3, -0.25) is 14.3 Å². The molecule has 0 atom stereocenters. The quantitative estimate of drug-likeness (QED) is 0.340. The number of nitrogens with one attached hydrogen (secondary N) is 1. The molecule has 0 spiro atoms. The normalized spacial score (nSPS) is 11.2. The van der Waals surface area contributed by atoms with Gasteiger partial charge < -0.3 is 9.47 Å². The molecule has 0 amide bonds. The molecule has 0 saturated carbocycles. The lowest BCUT2D eigenvalue weighted by Crippen LogP contribution is -2.29. The van der Waals surface area contributed by atoms with E-state index in [-0.39, 0.29) is 0 Å². The second-order valence-electron chi connectivity index (χ2n) is 7.68. The Bertz CT molecular complexity index is 1350. The third-order valence-electron chi connectivity index (χ3n) is 5.10. The summed E-state index contributed by atoms with van der Waals surface area (Å²) in [6.07, 6.45) is 0. The molecule has 0 aliphatic heterocycles. The average molecular weight is 452 g/mol. The number of anilines is 1. The Hall–Kier alpha value is -3.40. The standard InChI is InChI=1S/C22H25N7O2S/c1-14-12-15(2)24-20(23-14)32-11-10-29-17-18(28(4)22(31)26-19(17)30)25-21(29)27(3)13-16-8-6-5-7-9-16/h5-9,12H,10-11,13H2,1-4H3,(H,26,30,31). The molecular formula is C22H25N7O2S. The highest BCUT2D eigenvalue weighted by molar-refractivity contribution is 7.99. The molecule has 1 N–H and O–H groups in total. The summed E-state index contributed by atoms with van der Waals surface area (Å²) in [6, 6.07) is 12.0. The summed E-state index contributed by atoms with van der Waals surface area (Å²) in [6.45, 7) is 5.01. The molecule has 4 aromatic rings. The minimum absolute atomic E-state index is 0.362. The summed E-state index contributed by atoms with van der Waals surface area (Å²) < 4.78 is 3.24. The lowest BCUT2D eigenvalue weighted by Gasteiger charge is -2.20. The predicted molar refractivity (Wildman–Crippen MR) is 126 cm³/mol. The van der Waals surface area contributed by atoms with Crippen molar-refractivity contribution in [2.75, 3.05) is 17.7 Å². The van der Waals surface area contributed by atoms with Gasteiger partial charge in [0.15, 0.2) is 16.3 Å². The Kier molecular flexibility index (Phi) is 6.13. The first-order valence-corrected chi connectivity index (χ1v) is 11.2. The van der Waals surface area contributed by atoms with E-state index in [1.807, 2.05) is 66.8 Å². The summed E-state index contributed by atoms with van der Waals surface area (Å²) >= 11 is 1.52. The SMILES string of the molecule is Cc1cc(C)nc(SCCn2c(N(C)Cc3ccccc3)nc3c2c(=O)[nH]c(=O)n3C)n1. The average Bonchev–Trinajstić information content (AvgIpc) is 3.12. The van der Waals surface area contributed by atoms with Crippen LogP contribution >= 0.6 is 11.8 Å². The maximum absolute atomic E-state index is 12.7. The largest absolute Gasteiger partial charge is 0.341 e. The highest BCUT2D eigenvalue weighted by Gasteiger charge is 2.20. The Labute approximate surface area is 189 Å². The number of nitrogens with zero attached hydrogens (tertiary/aromatic N) is 6. The highest BCUT2D eigenvalue weighted by Crippen LogP contribution is 2.22. The summed E-state index contributed by atoms with van der Waals surface area (Å²) in [4.78, 5) is 42.8. The predicted octanol–water partition coefficient (Wildman–Crippen LogP) is 2.26. The molecule has 3 aromatic heterocycles. The molecule has 1 aromatic carbocycles. The van der Waals surface area contributed by atoms with E-state index < -0.39 is 11.2 Å². The third kappa shape index (κ3) is 4.45. The van der Waals surface area contributed by atoms with Gasteiger partial charge in [0.1, 0.15) is 0 Å². The van der Waals surface area contributed by atoms with Gasteiger partial charge in [-0.25, -0.2) is 14.8 Å². The number of fused-ring (bicyclic) bond motifs is 1. The molecule has 0 aliphatic carbocycles. The van der Waals surface area contributed by atoms with Crippen LogP contribution in [0.1, 0.15) is 17.0 Å². The van der Waals surface area contributed by atoms with Crippen molar-refractivity contribution in [3.05, 3.63) is 74.2 Å². The molecule has 0 fully saturated rings. The lowest BCUT2D eigenvalue weighted by atomic mass is 10.2. The van der Waals surface area contributed by atoms with E-state index in [9.17, 15) is 9.59 Å². The fourth-order valence-electron chi connectivity index (χ4n) is 3.64.